The standard InChI is InChI=1S/C16H14N4O2/c1-7-3-9(21)4-10(15(7)22)16-19-13-5-11-12(6-14(13)20-16)18-8(2)17-11/h3-6,21-22H,1-2H3,(H,17,18)(H,19,20). The zero-order valence-electron chi connectivity index (χ0n) is 12.1. The molecule has 4 N–H and O–H groups in total. The fourth-order valence-electron chi connectivity index (χ4n) is 2.71. The van der Waals surface area contributed by atoms with E-state index in [0.29, 0.717) is 17.0 Å². The molecule has 22 heavy (non-hydrogen) atoms. The molecule has 4 aromatic rings. The number of aromatic nitrogens is 4. The van der Waals surface area contributed by atoms with Gasteiger partial charge in [0.25, 0.3) is 0 Å². The summed E-state index contributed by atoms with van der Waals surface area (Å²) in [4.78, 5) is 15.3. The largest absolute Gasteiger partial charge is 0.508 e. The highest BCUT2D eigenvalue weighted by Crippen LogP contribution is 2.35. The van der Waals surface area contributed by atoms with Gasteiger partial charge in [-0.05, 0) is 43.7 Å². The van der Waals surface area contributed by atoms with Crippen molar-refractivity contribution in [3.05, 3.63) is 35.7 Å². The first-order valence-corrected chi connectivity index (χ1v) is 6.90. The lowest BCUT2D eigenvalue weighted by molar-refractivity contribution is 0.458. The lowest BCUT2D eigenvalue weighted by atomic mass is 10.1. The zero-order valence-corrected chi connectivity index (χ0v) is 12.1. The highest BCUT2D eigenvalue weighted by atomic mass is 16.3. The van der Waals surface area contributed by atoms with E-state index in [0.717, 1.165) is 27.9 Å². The van der Waals surface area contributed by atoms with E-state index in [2.05, 4.69) is 19.9 Å². The van der Waals surface area contributed by atoms with Crippen LogP contribution >= 0.6 is 0 Å². The van der Waals surface area contributed by atoms with Crippen LogP contribution in [0.4, 0.5) is 0 Å². The summed E-state index contributed by atoms with van der Waals surface area (Å²) >= 11 is 0. The zero-order chi connectivity index (χ0) is 15.4. The van der Waals surface area contributed by atoms with Crippen molar-refractivity contribution in [1.82, 2.24) is 19.9 Å². The molecule has 4 rings (SSSR count). The highest BCUT2D eigenvalue weighted by molar-refractivity contribution is 5.93. The summed E-state index contributed by atoms with van der Waals surface area (Å²) in [7, 11) is 0. The Kier molecular flexibility index (Phi) is 2.45. The summed E-state index contributed by atoms with van der Waals surface area (Å²) in [6.07, 6.45) is 0. The number of phenolic OH excluding ortho intramolecular Hbond substituents is 2. The fourth-order valence-corrected chi connectivity index (χ4v) is 2.71. The van der Waals surface area contributed by atoms with Crippen LogP contribution in [0.3, 0.4) is 0 Å². The minimum atomic E-state index is 0.0927. The van der Waals surface area contributed by atoms with E-state index in [4.69, 9.17) is 0 Å². The van der Waals surface area contributed by atoms with Gasteiger partial charge in [-0.25, -0.2) is 9.97 Å². The lowest BCUT2D eigenvalue weighted by Crippen LogP contribution is -1.85. The first-order valence-electron chi connectivity index (χ1n) is 6.90. The second kappa shape index (κ2) is 4.24. The highest BCUT2D eigenvalue weighted by Gasteiger charge is 2.14. The van der Waals surface area contributed by atoms with Crippen LogP contribution in [-0.2, 0) is 0 Å². The minimum absolute atomic E-state index is 0.0927. The van der Waals surface area contributed by atoms with Gasteiger partial charge in [-0.2, -0.15) is 0 Å². The molecule has 0 spiro atoms. The van der Waals surface area contributed by atoms with Gasteiger partial charge in [-0.1, -0.05) is 0 Å². The number of rotatable bonds is 1. The number of phenols is 2. The summed E-state index contributed by atoms with van der Waals surface area (Å²) in [6.45, 7) is 3.64. The molecule has 2 heterocycles. The van der Waals surface area contributed by atoms with Crippen LogP contribution in [0.1, 0.15) is 11.4 Å². The first-order chi connectivity index (χ1) is 10.5. The van der Waals surface area contributed by atoms with Gasteiger partial charge in [-0.3, -0.25) is 0 Å². The van der Waals surface area contributed by atoms with Crippen molar-refractivity contribution < 1.29 is 10.2 Å². The molecule has 2 aromatic carbocycles. The lowest BCUT2D eigenvalue weighted by Gasteiger charge is -2.05. The van der Waals surface area contributed by atoms with Crippen molar-refractivity contribution in [2.45, 2.75) is 13.8 Å². The Morgan fingerprint density at radius 1 is 0.864 bits per heavy atom. The number of nitrogens with one attached hydrogen (secondary N) is 2. The molecule has 0 saturated heterocycles. The van der Waals surface area contributed by atoms with E-state index >= 15 is 0 Å². The predicted octanol–water partition coefficient (Wildman–Crippen LogP) is 3.13. The van der Waals surface area contributed by atoms with E-state index < -0.39 is 0 Å². The molecule has 0 amide bonds. The maximum Gasteiger partial charge on any atom is 0.142 e. The van der Waals surface area contributed by atoms with Crippen LogP contribution in [0.2, 0.25) is 0 Å². The summed E-state index contributed by atoms with van der Waals surface area (Å²) < 4.78 is 0. The smallest absolute Gasteiger partial charge is 0.142 e. The molecule has 2 aromatic heterocycles. The average molecular weight is 294 g/mol. The maximum absolute atomic E-state index is 10.2. The third-order valence-electron chi connectivity index (χ3n) is 3.74. The van der Waals surface area contributed by atoms with E-state index in [1.165, 1.54) is 12.1 Å². The molecule has 0 atom stereocenters. The Bertz CT molecular complexity index is 979. The molecule has 0 bridgehead atoms. The van der Waals surface area contributed by atoms with Crippen molar-refractivity contribution in [2.75, 3.05) is 0 Å². The van der Waals surface area contributed by atoms with Gasteiger partial charge in [0.2, 0.25) is 0 Å². The van der Waals surface area contributed by atoms with E-state index in [-0.39, 0.29) is 11.5 Å². The average Bonchev–Trinajstić information content (AvgIpc) is 3.01. The van der Waals surface area contributed by atoms with Crippen LogP contribution in [-0.4, -0.2) is 30.1 Å². The number of imidazole rings is 2. The van der Waals surface area contributed by atoms with Crippen molar-refractivity contribution >= 4 is 22.1 Å². The van der Waals surface area contributed by atoms with Gasteiger partial charge >= 0.3 is 0 Å². The van der Waals surface area contributed by atoms with Gasteiger partial charge in [0.15, 0.2) is 0 Å². The van der Waals surface area contributed by atoms with Crippen LogP contribution in [0.15, 0.2) is 24.3 Å². The van der Waals surface area contributed by atoms with Crippen molar-refractivity contribution in [3.8, 4) is 22.9 Å². The van der Waals surface area contributed by atoms with E-state index in [1.54, 1.807) is 6.92 Å². The molecule has 0 unspecified atom stereocenters. The monoisotopic (exact) mass is 294 g/mol. The Balaban J connectivity index is 1.96. The number of nitrogens with zero attached hydrogens (tertiary/aromatic N) is 2. The van der Waals surface area contributed by atoms with Crippen LogP contribution in [0, 0.1) is 13.8 Å². The fraction of sp³-hybridized carbons (Fsp3) is 0.125. The normalized spacial score (nSPS) is 11.5. The number of aryl methyl sites for hydroxylation is 2. The molecule has 6 nitrogen and oxygen atoms in total. The second-order valence-corrected chi connectivity index (χ2v) is 5.45. The first kappa shape index (κ1) is 12.7. The van der Waals surface area contributed by atoms with Gasteiger partial charge in [0.1, 0.15) is 23.1 Å². The quantitative estimate of drug-likeness (QED) is 0.405. The number of aromatic hydroxyl groups is 2. The Labute approximate surface area is 125 Å². The van der Waals surface area contributed by atoms with Crippen molar-refractivity contribution in [1.29, 1.82) is 0 Å². The molecule has 110 valence electrons. The van der Waals surface area contributed by atoms with E-state index in [9.17, 15) is 10.2 Å². The third-order valence-corrected chi connectivity index (χ3v) is 3.74. The second-order valence-electron chi connectivity index (χ2n) is 5.45. The van der Waals surface area contributed by atoms with Gasteiger partial charge in [-0.15, -0.1) is 0 Å². The maximum atomic E-state index is 10.2. The molecule has 0 radical (unpaired) electrons. The van der Waals surface area contributed by atoms with Crippen LogP contribution in [0.5, 0.6) is 11.5 Å². The van der Waals surface area contributed by atoms with Crippen molar-refractivity contribution in [3.63, 3.8) is 0 Å². The third kappa shape index (κ3) is 1.81. The molecule has 0 saturated carbocycles. The van der Waals surface area contributed by atoms with Gasteiger partial charge < -0.3 is 20.2 Å². The Morgan fingerprint density at radius 2 is 1.55 bits per heavy atom. The SMILES string of the molecule is Cc1nc2cc3[nH]c(-c4cc(O)cc(C)c4O)nc3cc2[nH]1. The molecular formula is C16H14N4O2. The van der Waals surface area contributed by atoms with Gasteiger partial charge in [0.05, 0.1) is 27.6 Å². The minimum Gasteiger partial charge on any atom is -0.508 e. The van der Waals surface area contributed by atoms with Gasteiger partial charge in [0, 0.05) is 0 Å². The van der Waals surface area contributed by atoms with Crippen molar-refractivity contribution in [2.24, 2.45) is 0 Å². The number of hydrogen-bond acceptors (Lipinski definition) is 4. The number of benzene rings is 2. The van der Waals surface area contributed by atoms with Crippen LogP contribution < -0.4 is 0 Å². The summed E-state index contributed by atoms with van der Waals surface area (Å²) in [5.41, 5.74) is 4.44. The topological polar surface area (TPSA) is 97.8 Å². The Morgan fingerprint density at radius 3 is 2.32 bits per heavy atom. The molecule has 0 fully saturated rings. The summed E-state index contributed by atoms with van der Waals surface area (Å²) in [5, 5.41) is 19.9. The number of fused-ring (bicyclic) bond motifs is 2. The molecule has 6 heteroatoms. The predicted molar refractivity (Wildman–Crippen MR) is 84.0 cm³/mol. The number of hydrogen-bond donors (Lipinski definition) is 4. The van der Waals surface area contributed by atoms with E-state index in [1.807, 2.05) is 19.1 Å². The molecule has 0 aliphatic heterocycles. The number of aromatic amines is 2. The summed E-state index contributed by atoms with van der Waals surface area (Å²) in [6, 6.07) is 6.83. The summed E-state index contributed by atoms with van der Waals surface area (Å²) in [5.74, 6) is 1.56. The Hall–Kier alpha value is -3.02. The molecular weight excluding hydrogens is 280 g/mol. The van der Waals surface area contributed by atoms with Crippen LogP contribution in [0.25, 0.3) is 33.5 Å². The number of H-pyrrole nitrogens is 2. The molecule has 0 aliphatic carbocycles. The molecule has 0 aliphatic rings.